The molecule has 0 saturated heterocycles. The zero-order chi connectivity index (χ0) is 30.7. The van der Waals surface area contributed by atoms with Crippen LogP contribution in [-0.2, 0) is 0 Å². The minimum absolute atomic E-state index is 0.0471. The summed E-state index contributed by atoms with van der Waals surface area (Å²) in [6, 6.07) is 39.7. The standard InChI is InChI=1S/C36H31NO3S4/c1-2-3-24-37-35(38)29-30(36(39)40)32(42-26-18-10-5-11-19-26)34(44-28-22-14-7-15-23-28)33(43-27-20-12-6-13-21-27)31(29)41-25-16-8-4-9-17-25/h4-23H,2-3,24H2,1H3,(H,37,38)(H,39,40). The average Bonchev–Trinajstić information content (AvgIpc) is 3.05. The Balaban J connectivity index is 1.88. The molecule has 44 heavy (non-hydrogen) atoms. The van der Waals surface area contributed by atoms with Gasteiger partial charge in [-0.1, -0.05) is 133 Å². The van der Waals surface area contributed by atoms with Crippen molar-refractivity contribution in [3.8, 4) is 0 Å². The maximum absolute atomic E-state index is 13.3. The number of carbonyl (C=O) groups is 1. The third-order valence-electron chi connectivity index (χ3n) is 6.39. The van der Waals surface area contributed by atoms with Gasteiger partial charge in [0.1, 0.15) is 0 Å². The molecular formula is C36H31NO3S4. The van der Waals surface area contributed by atoms with Crippen molar-refractivity contribution in [3.63, 3.8) is 0 Å². The molecule has 0 amide bonds. The number of aromatic carboxylic acids is 1. The third-order valence-corrected chi connectivity index (χ3v) is 11.3. The lowest BCUT2D eigenvalue weighted by Crippen LogP contribution is -2.15. The minimum atomic E-state index is -1.11. The van der Waals surface area contributed by atoms with E-state index in [1.54, 1.807) is 11.8 Å². The van der Waals surface area contributed by atoms with Crippen molar-refractivity contribution >= 4 is 58.9 Å². The Bertz CT molecular complexity index is 1720. The molecule has 0 aliphatic carbocycles. The van der Waals surface area contributed by atoms with Crippen LogP contribution in [0.1, 0.15) is 35.7 Å². The second-order valence-corrected chi connectivity index (χ2v) is 13.9. The quantitative estimate of drug-likeness (QED) is 0.0744. The van der Waals surface area contributed by atoms with Crippen molar-refractivity contribution in [3.05, 3.63) is 132 Å². The lowest BCUT2D eigenvalue weighted by atomic mass is 10.1. The summed E-state index contributed by atoms with van der Waals surface area (Å²) in [6.07, 6.45) is 1.69. The topological polar surface area (TPSA) is 69.9 Å². The SMILES string of the molecule is CCCCN=C(O)c1c(Sc2ccccc2)c(Sc2ccccc2)c(Sc2ccccc2)c(Sc2ccccc2)c1C(=O)O. The predicted molar refractivity (Wildman–Crippen MR) is 185 cm³/mol. The summed E-state index contributed by atoms with van der Waals surface area (Å²) < 4.78 is 0. The Hall–Kier alpha value is -3.56. The first-order valence-corrected chi connectivity index (χ1v) is 17.4. The summed E-state index contributed by atoms with van der Waals surface area (Å²) in [4.78, 5) is 24.6. The summed E-state index contributed by atoms with van der Waals surface area (Å²) in [6.45, 7) is 2.46. The minimum Gasteiger partial charge on any atom is -0.493 e. The Morgan fingerprint density at radius 1 is 0.545 bits per heavy atom. The first-order valence-electron chi connectivity index (χ1n) is 14.2. The van der Waals surface area contributed by atoms with Crippen LogP contribution in [0, 0.1) is 0 Å². The van der Waals surface area contributed by atoms with Crippen LogP contribution >= 0.6 is 47.0 Å². The van der Waals surface area contributed by atoms with Gasteiger partial charge in [-0.15, -0.1) is 0 Å². The molecular weight excluding hydrogens is 623 g/mol. The monoisotopic (exact) mass is 653 g/mol. The van der Waals surface area contributed by atoms with Crippen molar-refractivity contribution < 1.29 is 15.0 Å². The molecule has 0 aromatic heterocycles. The van der Waals surface area contributed by atoms with Gasteiger partial charge in [0.15, 0.2) is 0 Å². The highest BCUT2D eigenvalue weighted by molar-refractivity contribution is 8.05. The van der Waals surface area contributed by atoms with E-state index in [-0.39, 0.29) is 17.0 Å². The second-order valence-electron chi connectivity index (χ2n) is 9.59. The maximum atomic E-state index is 13.3. The van der Waals surface area contributed by atoms with Crippen molar-refractivity contribution in [2.24, 2.45) is 4.99 Å². The molecule has 222 valence electrons. The third kappa shape index (κ3) is 8.12. The smallest absolute Gasteiger partial charge is 0.337 e. The highest BCUT2D eigenvalue weighted by Crippen LogP contribution is 2.53. The molecule has 0 heterocycles. The number of carboxylic acids is 1. The molecule has 0 radical (unpaired) electrons. The number of aliphatic hydroxyl groups is 1. The van der Waals surface area contributed by atoms with Crippen molar-refractivity contribution in [2.45, 2.75) is 58.9 Å². The van der Waals surface area contributed by atoms with Gasteiger partial charge in [-0.3, -0.25) is 4.99 Å². The largest absolute Gasteiger partial charge is 0.493 e. The molecule has 0 aliphatic heterocycles. The molecule has 5 aromatic carbocycles. The van der Waals surface area contributed by atoms with Crippen LogP contribution in [0.25, 0.3) is 0 Å². The number of benzene rings is 5. The van der Waals surface area contributed by atoms with Crippen molar-refractivity contribution in [1.82, 2.24) is 0 Å². The van der Waals surface area contributed by atoms with Gasteiger partial charge >= 0.3 is 5.97 Å². The van der Waals surface area contributed by atoms with Crippen LogP contribution in [0.2, 0.25) is 0 Å². The molecule has 2 N–H and O–H groups in total. The van der Waals surface area contributed by atoms with Gasteiger partial charge in [0.05, 0.1) is 11.1 Å². The summed E-state index contributed by atoms with van der Waals surface area (Å²) in [5.74, 6) is -1.37. The predicted octanol–water partition coefficient (Wildman–Crippen LogP) is 11.1. The molecule has 4 nitrogen and oxygen atoms in total. The number of unbranched alkanes of at least 4 members (excludes halogenated alkanes) is 1. The van der Waals surface area contributed by atoms with Gasteiger partial charge in [0, 0.05) is 45.7 Å². The molecule has 0 unspecified atom stereocenters. The Morgan fingerprint density at radius 3 is 1.23 bits per heavy atom. The fourth-order valence-electron chi connectivity index (χ4n) is 4.31. The molecule has 5 rings (SSSR count). The van der Waals surface area contributed by atoms with Gasteiger partial charge < -0.3 is 10.2 Å². The van der Waals surface area contributed by atoms with Crippen molar-refractivity contribution in [2.75, 3.05) is 6.54 Å². The Morgan fingerprint density at radius 2 is 0.886 bits per heavy atom. The zero-order valence-corrected chi connectivity index (χ0v) is 27.3. The van der Waals surface area contributed by atoms with Crippen LogP contribution in [0.4, 0.5) is 0 Å². The molecule has 8 heteroatoms. The number of aliphatic hydroxyl groups excluding tert-OH is 1. The van der Waals surface area contributed by atoms with E-state index in [0.717, 1.165) is 42.2 Å². The Labute approximate surface area is 275 Å². The lowest BCUT2D eigenvalue weighted by molar-refractivity contribution is 0.0691. The summed E-state index contributed by atoms with van der Waals surface area (Å²) in [7, 11) is 0. The highest BCUT2D eigenvalue weighted by Gasteiger charge is 2.32. The Kier molecular flexibility index (Phi) is 11.5. The lowest BCUT2D eigenvalue weighted by Gasteiger charge is -2.24. The first-order chi connectivity index (χ1) is 21.5. The number of rotatable bonds is 13. The van der Waals surface area contributed by atoms with Gasteiger partial charge in [-0.2, -0.15) is 0 Å². The fraction of sp³-hybridized carbons (Fsp3) is 0.111. The van der Waals surface area contributed by atoms with Gasteiger partial charge in [-0.25, -0.2) is 4.79 Å². The van der Waals surface area contributed by atoms with E-state index < -0.39 is 5.97 Å². The van der Waals surface area contributed by atoms with E-state index in [2.05, 4.69) is 11.9 Å². The maximum Gasteiger partial charge on any atom is 0.337 e. The molecule has 5 aromatic rings. The molecule has 0 aliphatic rings. The van der Waals surface area contributed by atoms with E-state index in [4.69, 9.17) is 0 Å². The van der Waals surface area contributed by atoms with Gasteiger partial charge in [0.2, 0.25) is 5.90 Å². The van der Waals surface area contributed by atoms with Gasteiger partial charge in [-0.05, 0) is 55.0 Å². The van der Waals surface area contributed by atoms with Crippen LogP contribution in [0.5, 0.6) is 0 Å². The molecule has 0 bridgehead atoms. The molecule has 0 atom stereocenters. The normalized spacial score (nSPS) is 11.4. The van der Waals surface area contributed by atoms with Crippen LogP contribution < -0.4 is 0 Å². The van der Waals surface area contributed by atoms with Crippen LogP contribution in [0.15, 0.2) is 165 Å². The summed E-state index contributed by atoms with van der Waals surface area (Å²) >= 11 is 5.96. The molecule has 0 saturated carbocycles. The number of hydrogen-bond acceptors (Lipinski definition) is 6. The highest BCUT2D eigenvalue weighted by atomic mass is 32.2. The number of carboxylic acid groups (broad SMARTS) is 1. The van der Waals surface area contributed by atoms with E-state index >= 15 is 0 Å². The van der Waals surface area contributed by atoms with Crippen LogP contribution in [-0.4, -0.2) is 28.6 Å². The summed E-state index contributed by atoms with van der Waals surface area (Å²) in [5, 5.41) is 22.5. The first kappa shape index (κ1) is 31.9. The van der Waals surface area contributed by atoms with E-state index in [1.807, 2.05) is 121 Å². The zero-order valence-electron chi connectivity index (χ0n) is 24.1. The molecule has 0 fully saturated rings. The van der Waals surface area contributed by atoms with E-state index in [1.165, 1.54) is 35.3 Å². The summed E-state index contributed by atoms with van der Waals surface area (Å²) in [5.41, 5.74) is 0.294. The van der Waals surface area contributed by atoms with Gasteiger partial charge in [0.25, 0.3) is 0 Å². The second kappa shape index (κ2) is 16.0. The molecule has 0 spiro atoms. The number of hydrogen-bond donors (Lipinski definition) is 2. The number of aliphatic imine (C=N–C) groups is 1. The van der Waals surface area contributed by atoms with E-state index in [9.17, 15) is 15.0 Å². The van der Waals surface area contributed by atoms with Crippen LogP contribution in [0.3, 0.4) is 0 Å². The van der Waals surface area contributed by atoms with Crippen molar-refractivity contribution in [1.29, 1.82) is 0 Å². The van der Waals surface area contributed by atoms with E-state index in [0.29, 0.717) is 16.3 Å². The fourth-order valence-corrected chi connectivity index (χ4v) is 9.06. The average molecular weight is 654 g/mol. The number of nitrogens with zero attached hydrogens (tertiary/aromatic N) is 1.